The Labute approximate surface area is 105 Å². The van der Waals surface area contributed by atoms with Crippen LogP contribution in [0.3, 0.4) is 0 Å². The summed E-state index contributed by atoms with van der Waals surface area (Å²) in [4.78, 5) is 37.1. The molecule has 17 heavy (non-hydrogen) atoms. The number of hydrogen-bond acceptors (Lipinski definition) is 4. The maximum atomic E-state index is 11.6. The number of urea groups is 1. The largest absolute Gasteiger partial charge is 0.351 e. The van der Waals surface area contributed by atoms with Gasteiger partial charge in [0, 0.05) is 5.69 Å². The lowest BCUT2D eigenvalue weighted by atomic mass is 10.3. The first-order valence-corrected chi connectivity index (χ1v) is 5.45. The summed E-state index contributed by atoms with van der Waals surface area (Å²) in [6.45, 7) is 3.03. The highest BCUT2D eigenvalue weighted by molar-refractivity contribution is 9.10. The molecule has 0 saturated heterocycles. The van der Waals surface area contributed by atoms with Gasteiger partial charge in [0.25, 0.3) is 0 Å². The molecule has 0 unspecified atom stereocenters. The van der Waals surface area contributed by atoms with Crippen LogP contribution in [0.2, 0.25) is 0 Å². The molecule has 1 rings (SSSR count). The summed E-state index contributed by atoms with van der Waals surface area (Å²) in [7, 11) is 0. The minimum absolute atomic E-state index is 0.306. The maximum absolute atomic E-state index is 11.6. The van der Waals surface area contributed by atoms with Gasteiger partial charge in [-0.05, 0) is 29.8 Å². The lowest BCUT2D eigenvalue weighted by Gasteiger charge is -2.11. The first kappa shape index (κ1) is 13.4. The number of nitrogens with one attached hydrogen (secondary N) is 1. The smallest absolute Gasteiger partial charge is 0.348 e. The third-order valence-electron chi connectivity index (χ3n) is 2.10. The van der Waals surface area contributed by atoms with Gasteiger partial charge in [0.15, 0.2) is 0 Å². The summed E-state index contributed by atoms with van der Waals surface area (Å²) in [6.07, 6.45) is 0. The lowest BCUT2D eigenvalue weighted by molar-refractivity contribution is -0.120. The molecule has 3 amide bonds. The predicted molar refractivity (Wildman–Crippen MR) is 63.4 cm³/mol. The fraction of sp³-hybridized carbons (Fsp3) is 0.333. The summed E-state index contributed by atoms with van der Waals surface area (Å²) in [5, 5.41) is 1.88. The van der Waals surface area contributed by atoms with Crippen molar-refractivity contribution in [2.24, 2.45) is 5.73 Å². The van der Waals surface area contributed by atoms with Crippen LogP contribution in [0.1, 0.15) is 11.4 Å². The Hall–Kier alpha value is -1.70. The number of nitrogens with two attached hydrogens (primary N) is 1. The van der Waals surface area contributed by atoms with Crippen LogP contribution < -0.4 is 16.7 Å². The van der Waals surface area contributed by atoms with Crippen LogP contribution in [0.15, 0.2) is 9.27 Å². The van der Waals surface area contributed by atoms with E-state index >= 15 is 0 Å². The molecule has 0 atom stereocenters. The monoisotopic (exact) mass is 302 g/mol. The first-order chi connectivity index (χ1) is 7.82. The second kappa shape index (κ2) is 5.09. The van der Waals surface area contributed by atoms with E-state index < -0.39 is 17.6 Å². The van der Waals surface area contributed by atoms with E-state index in [4.69, 9.17) is 5.73 Å². The van der Waals surface area contributed by atoms with Gasteiger partial charge < -0.3 is 5.73 Å². The topological polar surface area (TPSA) is 107 Å². The molecule has 92 valence electrons. The Morgan fingerprint density at radius 3 is 2.59 bits per heavy atom. The molecule has 0 aliphatic heterocycles. The van der Waals surface area contributed by atoms with Gasteiger partial charge in [-0.25, -0.2) is 9.59 Å². The predicted octanol–water partition coefficient (Wildman–Crippen LogP) is -0.182. The number of amides is 3. The number of aromatic nitrogens is 2. The van der Waals surface area contributed by atoms with Crippen molar-refractivity contribution >= 4 is 27.9 Å². The zero-order valence-electron chi connectivity index (χ0n) is 9.28. The molecular formula is C9H11BrN4O3. The van der Waals surface area contributed by atoms with E-state index in [1.165, 1.54) is 0 Å². The average Bonchev–Trinajstić information content (AvgIpc) is 2.20. The SMILES string of the molecule is Cc1nc(=O)n(CC(=O)NC(N)=O)c(C)c1Br. The van der Waals surface area contributed by atoms with Crippen molar-refractivity contribution in [1.29, 1.82) is 0 Å². The quantitative estimate of drug-likeness (QED) is 0.790. The molecule has 0 aromatic carbocycles. The summed E-state index contributed by atoms with van der Waals surface area (Å²) in [5.74, 6) is -0.666. The maximum Gasteiger partial charge on any atom is 0.348 e. The van der Waals surface area contributed by atoms with Gasteiger partial charge in [-0.15, -0.1) is 0 Å². The van der Waals surface area contributed by atoms with Crippen molar-refractivity contribution in [2.75, 3.05) is 0 Å². The summed E-state index contributed by atoms with van der Waals surface area (Å²) >= 11 is 3.26. The van der Waals surface area contributed by atoms with E-state index in [0.717, 1.165) is 4.57 Å². The normalized spacial score (nSPS) is 10.1. The highest BCUT2D eigenvalue weighted by atomic mass is 79.9. The first-order valence-electron chi connectivity index (χ1n) is 4.65. The third kappa shape index (κ3) is 3.13. The molecule has 0 saturated carbocycles. The molecule has 8 heteroatoms. The van der Waals surface area contributed by atoms with Crippen LogP contribution in [-0.4, -0.2) is 21.5 Å². The molecule has 3 N–H and O–H groups in total. The number of carbonyl (C=O) groups excluding carboxylic acids is 2. The number of rotatable bonds is 2. The number of nitrogens with zero attached hydrogens (tertiary/aromatic N) is 2. The van der Waals surface area contributed by atoms with Crippen LogP contribution in [0.5, 0.6) is 0 Å². The Bertz CT molecular complexity index is 538. The average molecular weight is 303 g/mol. The van der Waals surface area contributed by atoms with Gasteiger partial charge in [-0.1, -0.05) is 0 Å². The molecule has 0 spiro atoms. The molecule has 1 aromatic heterocycles. The summed E-state index contributed by atoms with van der Waals surface area (Å²) in [5.41, 5.74) is 5.34. The fourth-order valence-corrected chi connectivity index (χ4v) is 1.59. The minimum Gasteiger partial charge on any atom is -0.351 e. The number of primary amides is 1. The van der Waals surface area contributed by atoms with Crippen molar-refractivity contribution in [2.45, 2.75) is 20.4 Å². The van der Waals surface area contributed by atoms with Crippen molar-refractivity contribution < 1.29 is 9.59 Å². The van der Waals surface area contributed by atoms with E-state index in [-0.39, 0.29) is 6.54 Å². The Balaban J connectivity index is 3.08. The summed E-state index contributed by atoms with van der Waals surface area (Å²) < 4.78 is 1.79. The molecule has 0 aliphatic rings. The van der Waals surface area contributed by atoms with Crippen LogP contribution in [-0.2, 0) is 11.3 Å². The number of hydrogen-bond donors (Lipinski definition) is 2. The van der Waals surface area contributed by atoms with Crippen molar-refractivity contribution in [1.82, 2.24) is 14.9 Å². The van der Waals surface area contributed by atoms with Crippen LogP contribution >= 0.6 is 15.9 Å². The molecule has 1 heterocycles. The van der Waals surface area contributed by atoms with Gasteiger partial charge >= 0.3 is 11.7 Å². The molecule has 0 fully saturated rings. The van der Waals surface area contributed by atoms with E-state index in [9.17, 15) is 14.4 Å². The van der Waals surface area contributed by atoms with E-state index in [1.54, 1.807) is 13.8 Å². The Kier molecular flexibility index (Phi) is 4.00. The minimum atomic E-state index is -0.958. The number of aryl methyl sites for hydroxylation is 1. The highest BCUT2D eigenvalue weighted by Gasteiger charge is 2.13. The molecule has 0 bridgehead atoms. The second-order valence-corrected chi connectivity index (χ2v) is 4.17. The second-order valence-electron chi connectivity index (χ2n) is 3.38. The Morgan fingerprint density at radius 2 is 2.06 bits per heavy atom. The van der Waals surface area contributed by atoms with Crippen LogP contribution in [0.25, 0.3) is 0 Å². The van der Waals surface area contributed by atoms with Crippen LogP contribution in [0, 0.1) is 13.8 Å². The molecule has 7 nitrogen and oxygen atoms in total. The summed E-state index contributed by atoms with van der Waals surface area (Å²) in [6, 6.07) is -0.958. The molecular weight excluding hydrogens is 292 g/mol. The molecule has 0 radical (unpaired) electrons. The van der Waals surface area contributed by atoms with E-state index in [2.05, 4.69) is 20.9 Å². The van der Waals surface area contributed by atoms with Gasteiger partial charge in [0.05, 0.1) is 10.2 Å². The van der Waals surface area contributed by atoms with Gasteiger partial charge in [-0.3, -0.25) is 14.7 Å². The van der Waals surface area contributed by atoms with E-state index in [0.29, 0.717) is 15.9 Å². The van der Waals surface area contributed by atoms with Gasteiger partial charge in [0.1, 0.15) is 6.54 Å². The number of imide groups is 1. The lowest BCUT2D eigenvalue weighted by Crippen LogP contribution is -2.40. The molecule has 1 aromatic rings. The zero-order chi connectivity index (χ0) is 13.2. The molecule has 0 aliphatic carbocycles. The fourth-order valence-electron chi connectivity index (χ4n) is 1.28. The van der Waals surface area contributed by atoms with Gasteiger partial charge in [0.2, 0.25) is 5.91 Å². The highest BCUT2D eigenvalue weighted by Crippen LogP contribution is 2.16. The number of carbonyl (C=O) groups is 2. The van der Waals surface area contributed by atoms with Gasteiger partial charge in [-0.2, -0.15) is 4.98 Å². The van der Waals surface area contributed by atoms with Crippen LogP contribution in [0.4, 0.5) is 4.79 Å². The van der Waals surface area contributed by atoms with Crippen molar-refractivity contribution in [3.8, 4) is 0 Å². The Morgan fingerprint density at radius 1 is 1.47 bits per heavy atom. The van der Waals surface area contributed by atoms with E-state index in [1.807, 2.05) is 5.32 Å². The standard InChI is InChI=1S/C9H11BrN4O3/c1-4-7(10)5(2)14(9(17)12-4)3-6(15)13-8(11)16/h3H2,1-2H3,(H3,11,13,15,16). The third-order valence-corrected chi connectivity index (χ3v) is 3.25. The number of halogens is 1. The van der Waals surface area contributed by atoms with Crippen molar-refractivity contribution in [3.63, 3.8) is 0 Å². The zero-order valence-corrected chi connectivity index (χ0v) is 10.9. The van der Waals surface area contributed by atoms with Crippen molar-refractivity contribution in [3.05, 3.63) is 26.3 Å².